The van der Waals surface area contributed by atoms with Gasteiger partial charge >= 0.3 is 5.97 Å². The van der Waals surface area contributed by atoms with Gasteiger partial charge in [-0.05, 0) is 0 Å². The highest BCUT2D eigenvalue weighted by Crippen LogP contribution is 2.24. The Morgan fingerprint density at radius 1 is 1.67 bits per heavy atom. The predicted octanol–water partition coefficient (Wildman–Crippen LogP) is -0.208. The van der Waals surface area contributed by atoms with E-state index < -0.39 is 29.1 Å². The van der Waals surface area contributed by atoms with Crippen LogP contribution < -0.4 is 0 Å². The molecule has 6 heteroatoms. The van der Waals surface area contributed by atoms with Gasteiger partial charge in [0.15, 0.2) is 6.10 Å². The number of rotatable bonds is 2. The lowest BCUT2D eigenvalue weighted by atomic mass is 10.1. The standard InChI is InChI=1S/C6H8Br2O4/c7-1-2(9)5-4(10)3(8)6(11)12-5/h2-5,9-10H,1H2/t2-,3+,4+,5+/m1/s1. The largest absolute Gasteiger partial charge is 0.456 e. The molecule has 4 nitrogen and oxygen atoms in total. The Hall–Kier alpha value is 0.350. The molecule has 0 aromatic carbocycles. The number of esters is 1. The average molecular weight is 304 g/mol. The van der Waals surface area contributed by atoms with Crippen LogP contribution in [-0.4, -0.2) is 44.7 Å². The first kappa shape index (κ1) is 10.4. The molecule has 0 unspecified atom stereocenters. The van der Waals surface area contributed by atoms with Crippen molar-refractivity contribution in [3.8, 4) is 0 Å². The van der Waals surface area contributed by atoms with E-state index in [1.807, 2.05) is 0 Å². The van der Waals surface area contributed by atoms with Crippen LogP contribution in [0.2, 0.25) is 0 Å². The summed E-state index contributed by atoms with van der Waals surface area (Å²) in [5.74, 6) is -0.535. The highest BCUT2D eigenvalue weighted by molar-refractivity contribution is 9.10. The number of hydrogen-bond acceptors (Lipinski definition) is 4. The number of carbonyl (C=O) groups is 1. The van der Waals surface area contributed by atoms with Gasteiger partial charge < -0.3 is 14.9 Å². The number of ether oxygens (including phenoxy) is 1. The van der Waals surface area contributed by atoms with Gasteiger partial charge in [-0.25, -0.2) is 0 Å². The van der Waals surface area contributed by atoms with Crippen molar-refractivity contribution in [1.29, 1.82) is 0 Å². The highest BCUT2D eigenvalue weighted by atomic mass is 79.9. The summed E-state index contributed by atoms with van der Waals surface area (Å²) in [6, 6.07) is 0. The van der Waals surface area contributed by atoms with Crippen molar-refractivity contribution in [2.45, 2.75) is 23.1 Å². The van der Waals surface area contributed by atoms with E-state index in [1.165, 1.54) is 0 Å². The number of hydrogen-bond donors (Lipinski definition) is 2. The van der Waals surface area contributed by atoms with Crippen LogP contribution in [0.4, 0.5) is 0 Å². The number of carbonyl (C=O) groups excluding carboxylic acids is 1. The molecule has 1 rings (SSSR count). The molecule has 1 fully saturated rings. The van der Waals surface area contributed by atoms with Gasteiger partial charge in [-0.1, -0.05) is 31.9 Å². The lowest BCUT2D eigenvalue weighted by Gasteiger charge is -2.17. The number of halogens is 2. The third-order valence-corrected chi connectivity index (χ3v) is 3.23. The summed E-state index contributed by atoms with van der Waals surface area (Å²) in [6.45, 7) is 0. The molecule has 0 aromatic heterocycles. The summed E-state index contributed by atoms with van der Waals surface area (Å²) < 4.78 is 4.72. The number of cyclic esters (lactones) is 1. The Morgan fingerprint density at radius 2 is 2.25 bits per heavy atom. The zero-order valence-electron chi connectivity index (χ0n) is 5.98. The summed E-state index contributed by atoms with van der Waals surface area (Å²) in [7, 11) is 0. The van der Waals surface area contributed by atoms with Crippen molar-refractivity contribution in [1.82, 2.24) is 0 Å². The van der Waals surface area contributed by atoms with E-state index in [0.29, 0.717) is 0 Å². The van der Waals surface area contributed by atoms with E-state index in [0.717, 1.165) is 0 Å². The molecule has 0 aliphatic carbocycles. The Kier molecular flexibility index (Phi) is 3.51. The van der Waals surface area contributed by atoms with Crippen molar-refractivity contribution in [3.05, 3.63) is 0 Å². The van der Waals surface area contributed by atoms with E-state index in [9.17, 15) is 15.0 Å². The first-order valence-electron chi connectivity index (χ1n) is 3.34. The summed E-state index contributed by atoms with van der Waals surface area (Å²) in [6.07, 6.45) is -2.68. The summed E-state index contributed by atoms with van der Waals surface area (Å²) >= 11 is 5.98. The predicted molar refractivity (Wildman–Crippen MR) is 48.4 cm³/mol. The molecule has 0 bridgehead atoms. The quantitative estimate of drug-likeness (QED) is 0.547. The minimum absolute atomic E-state index is 0.266. The molecule has 2 N–H and O–H groups in total. The highest BCUT2D eigenvalue weighted by Gasteiger charge is 2.45. The molecule has 1 aliphatic heterocycles. The van der Waals surface area contributed by atoms with Crippen LogP contribution in [0.1, 0.15) is 0 Å². The summed E-state index contributed by atoms with van der Waals surface area (Å²) in [5.41, 5.74) is 0. The fraction of sp³-hybridized carbons (Fsp3) is 0.833. The maximum atomic E-state index is 10.9. The third-order valence-electron chi connectivity index (χ3n) is 1.65. The fourth-order valence-electron chi connectivity index (χ4n) is 0.969. The summed E-state index contributed by atoms with van der Waals surface area (Å²) in [4.78, 5) is 10.1. The van der Waals surface area contributed by atoms with Crippen LogP contribution in [0.3, 0.4) is 0 Å². The number of aliphatic hydroxyl groups excluding tert-OH is 2. The van der Waals surface area contributed by atoms with Crippen LogP contribution in [-0.2, 0) is 9.53 Å². The van der Waals surface area contributed by atoms with E-state index in [1.54, 1.807) is 0 Å². The monoisotopic (exact) mass is 302 g/mol. The molecule has 0 spiro atoms. The normalized spacial score (nSPS) is 38.0. The second-order valence-corrected chi connectivity index (χ2v) is 4.15. The van der Waals surface area contributed by atoms with Crippen molar-refractivity contribution >= 4 is 37.8 Å². The molecule has 0 amide bonds. The molecule has 70 valence electrons. The molecule has 0 radical (unpaired) electrons. The third kappa shape index (κ3) is 1.81. The van der Waals surface area contributed by atoms with Gasteiger partial charge in [0.1, 0.15) is 17.0 Å². The molecule has 4 atom stereocenters. The average Bonchev–Trinajstić information content (AvgIpc) is 2.32. The van der Waals surface area contributed by atoms with Gasteiger partial charge in [0.25, 0.3) is 0 Å². The molecule has 0 aromatic rings. The SMILES string of the molecule is O=C1O[C@@H]([C@H](O)CBr)[C@@H](O)[C@@H]1Br. The minimum atomic E-state index is -0.981. The first-order valence-corrected chi connectivity index (χ1v) is 5.38. The van der Waals surface area contributed by atoms with E-state index in [2.05, 4.69) is 31.9 Å². The molecule has 12 heavy (non-hydrogen) atoms. The zero-order chi connectivity index (χ0) is 9.30. The second-order valence-electron chi connectivity index (χ2n) is 2.52. The van der Waals surface area contributed by atoms with Crippen LogP contribution >= 0.6 is 31.9 Å². The van der Waals surface area contributed by atoms with Gasteiger partial charge in [0.05, 0.1) is 0 Å². The molecule has 1 aliphatic rings. The molecule has 1 heterocycles. The van der Waals surface area contributed by atoms with Crippen LogP contribution in [0, 0.1) is 0 Å². The number of aliphatic hydroxyl groups is 2. The van der Waals surface area contributed by atoms with Crippen molar-refractivity contribution in [2.24, 2.45) is 0 Å². The van der Waals surface area contributed by atoms with Gasteiger partial charge in [-0.3, -0.25) is 4.79 Å². The van der Waals surface area contributed by atoms with Crippen molar-refractivity contribution in [3.63, 3.8) is 0 Å². The van der Waals surface area contributed by atoms with Crippen LogP contribution in [0.5, 0.6) is 0 Å². The second kappa shape index (κ2) is 4.04. The lowest BCUT2D eigenvalue weighted by Crippen LogP contribution is -2.37. The maximum absolute atomic E-state index is 10.9. The topological polar surface area (TPSA) is 66.8 Å². The van der Waals surface area contributed by atoms with Gasteiger partial charge in [-0.15, -0.1) is 0 Å². The molecule has 1 saturated heterocycles. The Balaban J connectivity index is 2.64. The van der Waals surface area contributed by atoms with Gasteiger partial charge in [0.2, 0.25) is 0 Å². The summed E-state index contributed by atoms with van der Waals surface area (Å²) in [5, 5.41) is 18.9. The maximum Gasteiger partial charge on any atom is 0.323 e. The fourth-order valence-corrected chi connectivity index (χ4v) is 1.75. The Morgan fingerprint density at radius 3 is 2.58 bits per heavy atom. The van der Waals surface area contributed by atoms with Gasteiger partial charge in [-0.2, -0.15) is 0 Å². The smallest absolute Gasteiger partial charge is 0.323 e. The van der Waals surface area contributed by atoms with Crippen LogP contribution in [0.15, 0.2) is 0 Å². The number of alkyl halides is 2. The molecular weight excluding hydrogens is 296 g/mol. The molecular formula is C6H8Br2O4. The Labute approximate surface area is 86.2 Å². The minimum Gasteiger partial charge on any atom is -0.456 e. The van der Waals surface area contributed by atoms with E-state index in [-0.39, 0.29) is 5.33 Å². The van der Waals surface area contributed by atoms with E-state index >= 15 is 0 Å². The van der Waals surface area contributed by atoms with Crippen molar-refractivity contribution in [2.75, 3.05) is 5.33 Å². The lowest BCUT2D eigenvalue weighted by molar-refractivity contribution is -0.145. The van der Waals surface area contributed by atoms with E-state index in [4.69, 9.17) is 4.74 Å². The van der Waals surface area contributed by atoms with Crippen molar-refractivity contribution < 1.29 is 19.7 Å². The molecule has 0 saturated carbocycles. The van der Waals surface area contributed by atoms with Gasteiger partial charge in [0, 0.05) is 5.33 Å². The first-order chi connectivity index (χ1) is 5.57. The van der Waals surface area contributed by atoms with Crippen LogP contribution in [0.25, 0.3) is 0 Å². The zero-order valence-corrected chi connectivity index (χ0v) is 9.16. The Bertz CT molecular complexity index is 186.